The van der Waals surface area contributed by atoms with E-state index >= 15 is 0 Å². The summed E-state index contributed by atoms with van der Waals surface area (Å²) in [6, 6.07) is 4.97. The van der Waals surface area contributed by atoms with Gasteiger partial charge in [0.1, 0.15) is 5.82 Å². The number of nitrogens with two attached hydrogens (primary N) is 1. The van der Waals surface area contributed by atoms with Crippen molar-refractivity contribution in [3.63, 3.8) is 0 Å². The maximum atomic E-state index is 13.2. The van der Waals surface area contributed by atoms with Crippen LogP contribution in [0.1, 0.15) is 31.7 Å². The Morgan fingerprint density at radius 2 is 2.19 bits per heavy atom. The molecule has 16 heavy (non-hydrogen) atoms. The molecule has 1 aromatic rings. The summed E-state index contributed by atoms with van der Waals surface area (Å²) in [6.07, 6.45) is 3.85. The van der Waals surface area contributed by atoms with Gasteiger partial charge in [-0.1, -0.05) is 19.1 Å². The van der Waals surface area contributed by atoms with E-state index in [1.54, 1.807) is 6.07 Å². The van der Waals surface area contributed by atoms with E-state index in [2.05, 4.69) is 12.2 Å². The molecular weight excluding hydrogens is 203 g/mol. The van der Waals surface area contributed by atoms with Crippen LogP contribution in [0.2, 0.25) is 0 Å². The Bertz CT molecular complexity index is 372. The highest BCUT2D eigenvalue weighted by molar-refractivity contribution is 5.47. The molecule has 1 aliphatic carbocycles. The Hall–Kier alpha value is -1.09. The van der Waals surface area contributed by atoms with Gasteiger partial charge in [0.25, 0.3) is 0 Å². The number of rotatable bonds is 5. The van der Waals surface area contributed by atoms with Crippen molar-refractivity contribution in [3.8, 4) is 0 Å². The molecule has 88 valence electrons. The fraction of sp³-hybridized carbons (Fsp3) is 0.538. The first-order valence-electron chi connectivity index (χ1n) is 5.90. The van der Waals surface area contributed by atoms with Crippen molar-refractivity contribution in [3.05, 3.63) is 29.6 Å². The summed E-state index contributed by atoms with van der Waals surface area (Å²) in [5.41, 5.74) is 7.31. The first kappa shape index (κ1) is 11.4. The molecule has 0 unspecified atom stereocenters. The lowest BCUT2D eigenvalue weighted by Crippen LogP contribution is -2.23. The molecule has 0 spiro atoms. The highest BCUT2D eigenvalue weighted by atomic mass is 19.1. The Morgan fingerprint density at radius 1 is 1.44 bits per heavy atom. The number of nitrogen functional groups attached to an aromatic ring is 1. The van der Waals surface area contributed by atoms with E-state index in [0.29, 0.717) is 12.0 Å². The number of halogens is 1. The van der Waals surface area contributed by atoms with Gasteiger partial charge in [-0.3, -0.25) is 0 Å². The van der Waals surface area contributed by atoms with E-state index < -0.39 is 0 Å². The monoisotopic (exact) mass is 222 g/mol. The molecule has 1 saturated carbocycles. The van der Waals surface area contributed by atoms with Gasteiger partial charge in [-0.25, -0.2) is 4.39 Å². The van der Waals surface area contributed by atoms with E-state index in [1.165, 1.54) is 25.3 Å². The van der Waals surface area contributed by atoms with Crippen molar-refractivity contribution < 1.29 is 4.39 Å². The minimum absolute atomic E-state index is 0.274. The standard InChI is InChI=1S/C13H19FN2/c1-2-13(6-7-13)9-16-8-10-4-3-5-11(14)12(10)15/h3-5,16H,2,6-9,15H2,1H3. The van der Waals surface area contributed by atoms with Crippen LogP contribution in [-0.4, -0.2) is 6.54 Å². The second kappa shape index (κ2) is 4.42. The zero-order chi connectivity index (χ0) is 11.6. The number of hydrogen-bond acceptors (Lipinski definition) is 2. The minimum Gasteiger partial charge on any atom is -0.396 e. The summed E-state index contributed by atoms with van der Waals surface area (Å²) in [5, 5.41) is 3.38. The van der Waals surface area contributed by atoms with Gasteiger partial charge in [-0.05, 0) is 36.3 Å². The Labute approximate surface area is 96.0 Å². The number of hydrogen-bond donors (Lipinski definition) is 2. The van der Waals surface area contributed by atoms with Crippen molar-refractivity contribution in [1.82, 2.24) is 5.32 Å². The highest BCUT2D eigenvalue weighted by Crippen LogP contribution is 2.47. The molecule has 0 atom stereocenters. The first-order chi connectivity index (χ1) is 7.67. The summed E-state index contributed by atoms with van der Waals surface area (Å²) in [4.78, 5) is 0. The van der Waals surface area contributed by atoms with Crippen LogP contribution in [0.3, 0.4) is 0 Å². The Balaban J connectivity index is 1.88. The van der Waals surface area contributed by atoms with Crippen molar-refractivity contribution in [1.29, 1.82) is 0 Å². The molecule has 3 heteroatoms. The third kappa shape index (κ3) is 2.35. The number of para-hydroxylation sites is 1. The predicted octanol–water partition coefficient (Wildman–Crippen LogP) is 2.69. The quantitative estimate of drug-likeness (QED) is 0.752. The fourth-order valence-corrected chi connectivity index (χ4v) is 2.03. The Morgan fingerprint density at radius 3 is 2.81 bits per heavy atom. The van der Waals surface area contributed by atoms with Crippen LogP contribution in [0, 0.1) is 11.2 Å². The second-order valence-electron chi connectivity index (χ2n) is 4.77. The molecule has 0 amide bonds. The van der Waals surface area contributed by atoms with Crippen LogP contribution in [-0.2, 0) is 6.54 Å². The summed E-state index contributed by atoms with van der Waals surface area (Å²) in [5.74, 6) is -0.323. The van der Waals surface area contributed by atoms with E-state index in [4.69, 9.17) is 5.73 Å². The summed E-state index contributed by atoms with van der Waals surface area (Å²) in [7, 11) is 0. The molecule has 0 radical (unpaired) electrons. The molecule has 0 bridgehead atoms. The minimum atomic E-state index is -0.323. The average Bonchev–Trinajstić information content (AvgIpc) is 3.05. The van der Waals surface area contributed by atoms with Crippen LogP contribution >= 0.6 is 0 Å². The zero-order valence-corrected chi connectivity index (χ0v) is 9.72. The molecule has 2 nitrogen and oxygen atoms in total. The van der Waals surface area contributed by atoms with Gasteiger partial charge < -0.3 is 11.1 Å². The summed E-state index contributed by atoms with van der Waals surface area (Å²) in [6.45, 7) is 3.90. The van der Waals surface area contributed by atoms with Gasteiger partial charge >= 0.3 is 0 Å². The summed E-state index contributed by atoms with van der Waals surface area (Å²) < 4.78 is 13.2. The van der Waals surface area contributed by atoms with Gasteiger partial charge in [0.2, 0.25) is 0 Å². The molecule has 1 aromatic carbocycles. The fourth-order valence-electron chi connectivity index (χ4n) is 2.03. The molecule has 3 N–H and O–H groups in total. The SMILES string of the molecule is CCC1(CNCc2cccc(F)c2N)CC1. The van der Waals surface area contributed by atoms with Crippen molar-refractivity contribution in [2.24, 2.45) is 5.41 Å². The first-order valence-corrected chi connectivity index (χ1v) is 5.90. The molecule has 0 aliphatic heterocycles. The smallest absolute Gasteiger partial charge is 0.146 e. The van der Waals surface area contributed by atoms with E-state index in [-0.39, 0.29) is 11.5 Å². The number of benzene rings is 1. The molecule has 0 aromatic heterocycles. The van der Waals surface area contributed by atoms with Crippen molar-refractivity contribution in [2.45, 2.75) is 32.7 Å². The van der Waals surface area contributed by atoms with Gasteiger partial charge in [0, 0.05) is 13.1 Å². The highest BCUT2D eigenvalue weighted by Gasteiger charge is 2.39. The van der Waals surface area contributed by atoms with E-state index in [0.717, 1.165) is 12.1 Å². The summed E-state index contributed by atoms with van der Waals surface area (Å²) >= 11 is 0. The Kier molecular flexibility index (Phi) is 3.15. The van der Waals surface area contributed by atoms with Gasteiger partial charge in [0.05, 0.1) is 5.69 Å². The predicted molar refractivity (Wildman–Crippen MR) is 64.5 cm³/mol. The third-order valence-electron chi connectivity index (χ3n) is 3.67. The maximum Gasteiger partial charge on any atom is 0.146 e. The van der Waals surface area contributed by atoms with Crippen LogP contribution in [0.4, 0.5) is 10.1 Å². The third-order valence-corrected chi connectivity index (χ3v) is 3.67. The average molecular weight is 222 g/mol. The lowest BCUT2D eigenvalue weighted by atomic mass is 10.0. The van der Waals surface area contributed by atoms with E-state index in [9.17, 15) is 4.39 Å². The lowest BCUT2D eigenvalue weighted by molar-refractivity contribution is 0.443. The second-order valence-corrected chi connectivity index (χ2v) is 4.77. The van der Waals surface area contributed by atoms with Crippen LogP contribution in [0.5, 0.6) is 0 Å². The zero-order valence-electron chi connectivity index (χ0n) is 9.72. The van der Waals surface area contributed by atoms with Crippen molar-refractivity contribution >= 4 is 5.69 Å². The largest absolute Gasteiger partial charge is 0.396 e. The molecule has 0 heterocycles. The van der Waals surface area contributed by atoms with Gasteiger partial charge in [-0.15, -0.1) is 0 Å². The maximum absolute atomic E-state index is 13.2. The molecule has 1 aliphatic rings. The van der Waals surface area contributed by atoms with Crippen LogP contribution in [0.25, 0.3) is 0 Å². The van der Waals surface area contributed by atoms with Crippen LogP contribution < -0.4 is 11.1 Å². The van der Waals surface area contributed by atoms with E-state index in [1.807, 2.05) is 6.07 Å². The molecule has 0 saturated heterocycles. The topological polar surface area (TPSA) is 38.0 Å². The van der Waals surface area contributed by atoms with Crippen LogP contribution in [0.15, 0.2) is 18.2 Å². The lowest BCUT2D eigenvalue weighted by Gasteiger charge is -2.14. The number of nitrogens with one attached hydrogen (secondary N) is 1. The van der Waals surface area contributed by atoms with Gasteiger partial charge in [0.15, 0.2) is 0 Å². The number of anilines is 1. The molecule has 1 fully saturated rings. The molecule has 2 rings (SSSR count). The van der Waals surface area contributed by atoms with Gasteiger partial charge in [-0.2, -0.15) is 0 Å². The normalized spacial score (nSPS) is 17.4. The van der Waals surface area contributed by atoms with Crippen molar-refractivity contribution in [2.75, 3.05) is 12.3 Å². The molecular formula is C13H19FN2.